The lowest BCUT2D eigenvalue weighted by Crippen LogP contribution is -2.39. The van der Waals surface area contributed by atoms with Crippen LogP contribution in [0.3, 0.4) is 0 Å². The molecule has 0 unspecified atom stereocenters. The maximum atomic E-state index is 13.2. The largest absolute Gasteiger partial charge is 0.272 e. The van der Waals surface area contributed by atoms with Gasteiger partial charge in [-0.25, -0.2) is 13.8 Å². The van der Waals surface area contributed by atoms with Gasteiger partial charge in [-0.05, 0) is 35.9 Å². The van der Waals surface area contributed by atoms with Crippen LogP contribution in [-0.4, -0.2) is 36.3 Å². The predicted molar refractivity (Wildman–Crippen MR) is 129 cm³/mol. The van der Waals surface area contributed by atoms with E-state index in [-0.39, 0.29) is 27.7 Å². The second kappa shape index (κ2) is 11.2. The molecule has 0 atom stereocenters. The van der Waals surface area contributed by atoms with Crippen LogP contribution in [0.4, 0.5) is 5.69 Å². The molecular formula is C22H18Cl2N4O5S. The second-order valence-corrected chi connectivity index (χ2v) is 9.75. The summed E-state index contributed by atoms with van der Waals surface area (Å²) < 4.78 is 27.4. The Morgan fingerprint density at radius 1 is 1.06 bits per heavy atom. The summed E-state index contributed by atoms with van der Waals surface area (Å²) in [6, 6.07) is 18.2. The fourth-order valence-corrected chi connectivity index (χ4v) is 4.56. The van der Waals surface area contributed by atoms with Gasteiger partial charge in [-0.15, -0.1) is 0 Å². The smallest absolute Gasteiger partial charge is 0.270 e. The number of nitrogens with zero attached hydrogens (tertiary/aromatic N) is 3. The third-order valence-corrected chi connectivity index (χ3v) is 6.96. The molecule has 0 spiro atoms. The van der Waals surface area contributed by atoms with Gasteiger partial charge < -0.3 is 0 Å². The minimum absolute atomic E-state index is 0.0208. The standard InChI is InChI=1S/C22H18Cl2N4O5S/c23-18-6-9-20(10-7-18)34(32,33)27(14-16-4-2-1-3-5-16)15-22(29)26-25-13-17-12-19(28(30)31)8-11-21(17)24/h1-13H,14-15H2,(H,26,29)/b25-13-. The van der Waals surface area contributed by atoms with Crippen molar-refractivity contribution in [3.63, 3.8) is 0 Å². The lowest BCUT2D eigenvalue weighted by atomic mass is 10.2. The number of nitrogens with one attached hydrogen (secondary N) is 1. The van der Waals surface area contributed by atoms with Gasteiger partial charge in [0.1, 0.15) is 0 Å². The zero-order chi connectivity index (χ0) is 24.7. The monoisotopic (exact) mass is 520 g/mol. The van der Waals surface area contributed by atoms with E-state index in [4.69, 9.17) is 23.2 Å². The Labute approximate surface area is 205 Å². The van der Waals surface area contributed by atoms with Gasteiger partial charge >= 0.3 is 0 Å². The van der Waals surface area contributed by atoms with Crippen molar-refractivity contribution in [1.29, 1.82) is 0 Å². The van der Waals surface area contributed by atoms with Crippen LogP contribution in [-0.2, 0) is 21.4 Å². The lowest BCUT2D eigenvalue weighted by molar-refractivity contribution is -0.384. The molecule has 176 valence electrons. The topological polar surface area (TPSA) is 122 Å². The summed E-state index contributed by atoms with van der Waals surface area (Å²) >= 11 is 11.9. The highest BCUT2D eigenvalue weighted by Gasteiger charge is 2.27. The number of non-ortho nitro benzene ring substituents is 1. The average molecular weight is 521 g/mol. The Hall–Kier alpha value is -3.31. The van der Waals surface area contributed by atoms with Crippen molar-refractivity contribution in [2.45, 2.75) is 11.4 Å². The number of carbonyl (C=O) groups excluding carboxylic acids is 1. The van der Waals surface area contributed by atoms with E-state index in [0.29, 0.717) is 10.6 Å². The first kappa shape index (κ1) is 25.3. The molecule has 12 heteroatoms. The first-order chi connectivity index (χ1) is 16.2. The first-order valence-corrected chi connectivity index (χ1v) is 11.9. The summed E-state index contributed by atoms with van der Waals surface area (Å²) in [5.74, 6) is -0.716. The van der Waals surface area contributed by atoms with Gasteiger partial charge in [-0.2, -0.15) is 9.41 Å². The minimum Gasteiger partial charge on any atom is -0.272 e. The van der Waals surface area contributed by atoms with E-state index < -0.39 is 27.4 Å². The van der Waals surface area contributed by atoms with Crippen molar-refractivity contribution < 1.29 is 18.1 Å². The maximum absolute atomic E-state index is 13.2. The maximum Gasteiger partial charge on any atom is 0.270 e. The van der Waals surface area contributed by atoms with Crippen molar-refractivity contribution in [3.8, 4) is 0 Å². The molecule has 0 bridgehead atoms. The molecule has 3 rings (SSSR count). The van der Waals surface area contributed by atoms with Gasteiger partial charge in [0, 0.05) is 34.3 Å². The Bertz CT molecular complexity index is 1320. The molecule has 0 aliphatic rings. The number of sulfonamides is 1. The van der Waals surface area contributed by atoms with E-state index in [1.165, 1.54) is 42.5 Å². The molecular weight excluding hydrogens is 503 g/mol. The molecule has 3 aromatic rings. The molecule has 3 aromatic carbocycles. The van der Waals surface area contributed by atoms with Crippen LogP contribution in [0.15, 0.2) is 82.8 Å². The Kier molecular flexibility index (Phi) is 8.35. The highest BCUT2D eigenvalue weighted by atomic mass is 35.5. The van der Waals surface area contributed by atoms with Crippen LogP contribution in [0, 0.1) is 10.1 Å². The van der Waals surface area contributed by atoms with Crippen molar-refractivity contribution >= 4 is 51.0 Å². The number of hydrogen-bond acceptors (Lipinski definition) is 6. The summed E-state index contributed by atoms with van der Waals surface area (Å²) in [7, 11) is -4.04. The van der Waals surface area contributed by atoms with E-state index in [0.717, 1.165) is 10.5 Å². The SMILES string of the molecule is O=C(CN(Cc1ccccc1)S(=O)(=O)c1ccc(Cl)cc1)N/N=C\c1cc([N+](=O)[O-])ccc1Cl. The summed E-state index contributed by atoms with van der Waals surface area (Å²) in [6.07, 6.45) is 1.14. The van der Waals surface area contributed by atoms with E-state index in [9.17, 15) is 23.3 Å². The van der Waals surface area contributed by atoms with Crippen LogP contribution < -0.4 is 5.43 Å². The molecule has 9 nitrogen and oxygen atoms in total. The highest BCUT2D eigenvalue weighted by molar-refractivity contribution is 7.89. The van der Waals surface area contributed by atoms with Crippen molar-refractivity contribution in [1.82, 2.24) is 9.73 Å². The molecule has 0 saturated carbocycles. The fourth-order valence-electron chi connectivity index (χ4n) is 2.88. The van der Waals surface area contributed by atoms with E-state index in [1.807, 2.05) is 0 Å². The average Bonchev–Trinajstić information content (AvgIpc) is 2.80. The van der Waals surface area contributed by atoms with Crippen LogP contribution >= 0.6 is 23.2 Å². The Morgan fingerprint density at radius 3 is 2.38 bits per heavy atom. The molecule has 0 fully saturated rings. The zero-order valence-electron chi connectivity index (χ0n) is 17.5. The van der Waals surface area contributed by atoms with Gasteiger partial charge in [0.15, 0.2) is 0 Å². The number of hydrogen-bond donors (Lipinski definition) is 1. The number of carbonyl (C=O) groups is 1. The molecule has 1 amide bonds. The summed E-state index contributed by atoms with van der Waals surface area (Å²) in [4.78, 5) is 22.8. The van der Waals surface area contributed by atoms with E-state index in [2.05, 4.69) is 10.5 Å². The third-order valence-electron chi connectivity index (χ3n) is 4.56. The summed E-state index contributed by atoms with van der Waals surface area (Å²) in [5.41, 5.74) is 2.93. The normalized spacial score (nSPS) is 11.6. The number of nitro benzene ring substituents is 1. The molecule has 0 radical (unpaired) electrons. The van der Waals surface area contributed by atoms with Crippen LogP contribution in [0.25, 0.3) is 0 Å². The second-order valence-electron chi connectivity index (χ2n) is 6.97. The van der Waals surface area contributed by atoms with Crippen molar-refractivity contribution in [2.75, 3.05) is 6.54 Å². The minimum atomic E-state index is -4.04. The van der Waals surface area contributed by atoms with Crippen molar-refractivity contribution in [2.24, 2.45) is 5.10 Å². The molecule has 0 saturated heterocycles. The summed E-state index contributed by atoms with van der Waals surface area (Å²) in [6.45, 7) is -0.584. The number of rotatable bonds is 9. The van der Waals surface area contributed by atoms with Gasteiger partial charge in [0.05, 0.1) is 22.6 Å². The van der Waals surface area contributed by atoms with Crippen molar-refractivity contribution in [3.05, 3.63) is 104 Å². The number of halogens is 2. The van der Waals surface area contributed by atoms with Crippen LogP contribution in [0.2, 0.25) is 10.0 Å². The van der Waals surface area contributed by atoms with Crippen LogP contribution in [0.5, 0.6) is 0 Å². The Balaban J connectivity index is 1.79. The molecule has 1 N–H and O–H groups in total. The predicted octanol–water partition coefficient (Wildman–Crippen LogP) is 4.24. The van der Waals surface area contributed by atoms with E-state index >= 15 is 0 Å². The molecule has 0 aliphatic carbocycles. The molecule has 0 aliphatic heterocycles. The van der Waals surface area contributed by atoms with E-state index in [1.54, 1.807) is 30.3 Å². The Morgan fingerprint density at radius 2 is 1.74 bits per heavy atom. The molecule has 0 heterocycles. The highest BCUT2D eigenvalue weighted by Crippen LogP contribution is 2.21. The number of nitro groups is 1. The summed E-state index contributed by atoms with van der Waals surface area (Å²) in [5, 5.41) is 15.3. The van der Waals surface area contributed by atoms with Gasteiger partial charge in [0.2, 0.25) is 10.0 Å². The number of amides is 1. The molecule has 34 heavy (non-hydrogen) atoms. The van der Waals surface area contributed by atoms with Crippen LogP contribution in [0.1, 0.15) is 11.1 Å². The first-order valence-electron chi connectivity index (χ1n) is 9.72. The number of hydrazone groups is 1. The van der Waals surface area contributed by atoms with Gasteiger partial charge in [0.25, 0.3) is 11.6 Å². The molecule has 0 aromatic heterocycles. The fraction of sp³-hybridized carbons (Fsp3) is 0.0909. The quantitative estimate of drug-likeness (QED) is 0.256. The van der Waals surface area contributed by atoms with Gasteiger partial charge in [-0.3, -0.25) is 14.9 Å². The number of benzene rings is 3. The van der Waals surface area contributed by atoms with Gasteiger partial charge in [-0.1, -0.05) is 53.5 Å². The zero-order valence-corrected chi connectivity index (χ0v) is 19.8. The third kappa shape index (κ3) is 6.61. The lowest BCUT2D eigenvalue weighted by Gasteiger charge is -2.21.